The molecule has 0 spiro atoms. The van der Waals surface area contributed by atoms with E-state index < -0.39 is 0 Å². The highest BCUT2D eigenvalue weighted by atomic mass is 35.5. The Kier molecular flexibility index (Phi) is 4.84. The molecule has 2 aromatic carbocycles. The lowest BCUT2D eigenvalue weighted by Gasteiger charge is -2.21. The number of benzene rings is 2. The number of carbonyl (C=O) groups is 1. The molecule has 0 radical (unpaired) electrons. The van der Waals surface area contributed by atoms with Crippen LogP contribution >= 0.6 is 12.4 Å². The van der Waals surface area contributed by atoms with Gasteiger partial charge in [-0.3, -0.25) is 4.79 Å². The van der Waals surface area contributed by atoms with Gasteiger partial charge in [0, 0.05) is 18.5 Å². The Labute approximate surface area is 149 Å². The number of rotatable bonds is 3. The Bertz CT molecular complexity index is 747. The van der Waals surface area contributed by atoms with Crippen LogP contribution in [0.1, 0.15) is 31.2 Å². The van der Waals surface area contributed by atoms with Gasteiger partial charge in [0.1, 0.15) is 0 Å². The summed E-state index contributed by atoms with van der Waals surface area (Å²) in [7, 11) is 0. The highest BCUT2D eigenvalue weighted by molar-refractivity contribution is 5.86. The molecule has 2 N–H and O–H groups in total. The summed E-state index contributed by atoms with van der Waals surface area (Å²) < 4.78 is 0. The first-order chi connectivity index (χ1) is 11.2. The number of nitrogens with zero attached hydrogens (tertiary/aromatic N) is 1. The van der Waals surface area contributed by atoms with Crippen molar-refractivity contribution < 1.29 is 4.79 Å². The molecule has 3 nitrogen and oxygen atoms in total. The maximum atomic E-state index is 12.8. The van der Waals surface area contributed by atoms with Gasteiger partial charge in [0.25, 0.3) is 0 Å². The van der Waals surface area contributed by atoms with E-state index >= 15 is 0 Å². The number of nitrogens with two attached hydrogens (primary N) is 1. The van der Waals surface area contributed by atoms with Gasteiger partial charge in [-0.05, 0) is 54.5 Å². The van der Waals surface area contributed by atoms with Crippen LogP contribution in [0, 0.1) is 11.8 Å². The molecule has 4 unspecified atom stereocenters. The summed E-state index contributed by atoms with van der Waals surface area (Å²) in [6.07, 6.45) is 2.04. The molecule has 1 aliphatic carbocycles. The van der Waals surface area contributed by atoms with Gasteiger partial charge in [-0.25, -0.2) is 0 Å². The first kappa shape index (κ1) is 17.2. The first-order valence-electron chi connectivity index (χ1n) is 8.66. The SMILES string of the molecule is CC1CC(CN)CN1C(=O)C1CC1c1ccc2ccccc2c1.Cl. The molecule has 1 saturated heterocycles. The molecule has 4 heteroatoms. The molecule has 4 atom stereocenters. The molecule has 0 bridgehead atoms. The first-order valence-corrected chi connectivity index (χ1v) is 8.66. The fraction of sp³-hybridized carbons (Fsp3) is 0.450. The molecule has 1 heterocycles. The van der Waals surface area contributed by atoms with Crippen molar-refractivity contribution in [2.24, 2.45) is 17.6 Å². The van der Waals surface area contributed by atoms with E-state index in [-0.39, 0.29) is 18.3 Å². The van der Waals surface area contributed by atoms with Crippen molar-refractivity contribution in [3.63, 3.8) is 0 Å². The fourth-order valence-electron chi connectivity index (χ4n) is 4.11. The van der Waals surface area contributed by atoms with Crippen LogP contribution in [0.25, 0.3) is 10.8 Å². The zero-order valence-corrected chi connectivity index (χ0v) is 14.8. The lowest BCUT2D eigenvalue weighted by molar-refractivity contribution is -0.133. The average molecular weight is 345 g/mol. The topological polar surface area (TPSA) is 46.3 Å². The third-order valence-electron chi connectivity index (χ3n) is 5.59. The number of fused-ring (bicyclic) bond motifs is 1. The lowest BCUT2D eigenvalue weighted by Crippen LogP contribution is -2.35. The third-order valence-corrected chi connectivity index (χ3v) is 5.59. The Balaban J connectivity index is 0.00000169. The van der Waals surface area contributed by atoms with E-state index in [0.717, 1.165) is 19.4 Å². The van der Waals surface area contributed by atoms with Gasteiger partial charge in [0.15, 0.2) is 0 Å². The van der Waals surface area contributed by atoms with E-state index in [2.05, 4.69) is 54.3 Å². The number of likely N-dealkylation sites (tertiary alicyclic amines) is 1. The van der Waals surface area contributed by atoms with Gasteiger partial charge < -0.3 is 10.6 Å². The van der Waals surface area contributed by atoms with Crippen LogP contribution in [0.3, 0.4) is 0 Å². The summed E-state index contributed by atoms with van der Waals surface area (Å²) >= 11 is 0. The van der Waals surface area contributed by atoms with Crippen molar-refractivity contribution in [2.45, 2.75) is 31.7 Å². The van der Waals surface area contributed by atoms with E-state index in [1.165, 1.54) is 16.3 Å². The van der Waals surface area contributed by atoms with Gasteiger partial charge >= 0.3 is 0 Å². The summed E-state index contributed by atoms with van der Waals surface area (Å²) in [5, 5.41) is 2.53. The Morgan fingerprint density at radius 2 is 1.92 bits per heavy atom. The summed E-state index contributed by atoms with van der Waals surface area (Å²) in [4.78, 5) is 14.9. The van der Waals surface area contributed by atoms with Crippen molar-refractivity contribution in [2.75, 3.05) is 13.1 Å². The lowest BCUT2D eigenvalue weighted by atomic mass is 10.0. The monoisotopic (exact) mass is 344 g/mol. The van der Waals surface area contributed by atoms with Crippen LogP contribution in [-0.4, -0.2) is 29.9 Å². The normalized spacial score (nSPS) is 28.7. The standard InChI is InChI=1S/C20H24N2O.ClH/c1-13-8-14(11-21)12-22(13)20(23)19-10-18(19)17-7-6-15-4-2-3-5-16(15)9-17;/h2-7,9,13-14,18-19H,8,10-12,21H2,1H3;1H. The second-order valence-electron chi connectivity index (χ2n) is 7.23. The highest BCUT2D eigenvalue weighted by Gasteiger charge is 2.47. The molecule has 24 heavy (non-hydrogen) atoms. The highest BCUT2D eigenvalue weighted by Crippen LogP contribution is 2.49. The summed E-state index contributed by atoms with van der Waals surface area (Å²) in [6, 6.07) is 15.4. The van der Waals surface area contributed by atoms with E-state index in [0.29, 0.717) is 30.3 Å². The Hall–Kier alpha value is -1.58. The molecule has 1 amide bonds. The largest absolute Gasteiger partial charge is 0.339 e. The average Bonchev–Trinajstić information content (AvgIpc) is 3.29. The van der Waals surface area contributed by atoms with E-state index in [9.17, 15) is 4.79 Å². The molecule has 2 aromatic rings. The molecule has 4 rings (SSSR count). The van der Waals surface area contributed by atoms with Crippen LogP contribution in [0.2, 0.25) is 0 Å². The second kappa shape index (κ2) is 6.73. The number of hydrogen-bond donors (Lipinski definition) is 1. The zero-order valence-electron chi connectivity index (χ0n) is 14.0. The van der Waals surface area contributed by atoms with Crippen molar-refractivity contribution in [1.29, 1.82) is 0 Å². The second-order valence-corrected chi connectivity index (χ2v) is 7.23. The quantitative estimate of drug-likeness (QED) is 0.925. The molecule has 128 valence electrons. The van der Waals surface area contributed by atoms with E-state index in [1.54, 1.807) is 0 Å². The molecule has 0 aromatic heterocycles. The van der Waals surface area contributed by atoms with E-state index in [4.69, 9.17) is 5.73 Å². The van der Waals surface area contributed by atoms with Gasteiger partial charge in [0.2, 0.25) is 5.91 Å². The summed E-state index contributed by atoms with van der Waals surface area (Å²) in [6.45, 7) is 3.69. The van der Waals surface area contributed by atoms with Crippen LogP contribution in [0.15, 0.2) is 42.5 Å². The van der Waals surface area contributed by atoms with Gasteiger partial charge in [0.05, 0.1) is 0 Å². The number of hydrogen-bond acceptors (Lipinski definition) is 2. The molecule has 2 aliphatic rings. The van der Waals surface area contributed by atoms with Gasteiger partial charge in [-0.15, -0.1) is 12.4 Å². The predicted molar refractivity (Wildman–Crippen MR) is 100 cm³/mol. The van der Waals surface area contributed by atoms with Crippen LogP contribution in [-0.2, 0) is 4.79 Å². The van der Waals surface area contributed by atoms with Gasteiger partial charge in [-0.2, -0.15) is 0 Å². The van der Waals surface area contributed by atoms with Crippen molar-refractivity contribution in [3.8, 4) is 0 Å². The third kappa shape index (κ3) is 3.03. The smallest absolute Gasteiger partial charge is 0.226 e. The Morgan fingerprint density at radius 1 is 1.17 bits per heavy atom. The zero-order chi connectivity index (χ0) is 16.0. The summed E-state index contributed by atoms with van der Waals surface area (Å²) in [5.41, 5.74) is 7.09. The Morgan fingerprint density at radius 3 is 2.62 bits per heavy atom. The molecular formula is C20H25ClN2O. The van der Waals surface area contributed by atoms with Crippen LogP contribution in [0.5, 0.6) is 0 Å². The van der Waals surface area contributed by atoms with Crippen molar-refractivity contribution in [3.05, 3.63) is 48.0 Å². The number of carbonyl (C=O) groups excluding carboxylic acids is 1. The number of halogens is 1. The number of amides is 1. The molecule has 1 aliphatic heterocycles. The molecular weight excluding hydrogens is 320 g/mol. The fourth-order valence-corrected chi connectivity index (χ4v) is 4.11. The van der Waals surface area contributed by atoms with Crippen LogP contribution < -0.4 is 5.73 Å². The van der Waals surface area contributed by atoms with Crippen LogP contribution in [0.4, 0.5) is 0 Å². The predicted octanol–water partition coefficient (Wildman–Crippen LogP) is 3.56. The molecule has 1 saturated carbocycles. The maximum absolute atomic E-state index is 12.8. The minimum absolute atomic E-state index is 0. The van der Waals surface area contributed by atoms with Crippen molar-refractivity contribution in [1.82, 2.24) is 4.90 Å². The minimum Gasteiger partial charge on any atom is -0.339 e. The molecule has 2 fully saturated rings. The summed E-state index contributed by atoms with van der Waals surface area (Å²) in [5.74, 6) is 1.39. The van der Waals surface area contributed by atoms with E-state index in [1.807, 2.05) is 0 Å². The maximum Gasteiger partial charge on any atom is 0.226 e. The van der Waals surface area contributed by atoms with Crippen molar-refractivity contribution >= 4 is 29.1 Å². The van der Waals surface area contributed by atoms with Gasteiger partial charge in [-0.1, -0.05) is 42.5 Å². The minimum atomic E-state index is 0.